The van der Waals surface area contributed by atoms with Crippen LogP contribution in [-0.2, 0) is 6.54 Å². The first kappa shape index (κ1) is 13.8. The number of benzene rings is 1. The summed E-state index contributed by atoms with van der Waals surface area (Å²) in [5.41, 5.74) is 1.08. The molecule has 6 heteroatoms. The molecule has 0 bridgehead atoms. The van der Waals surface area contributed by atoms with Crippen molar-refractivity contribution >= 4 is 16.7 Å². The minimum absolute atomic E-state index is 0.242. The first-order valence-corrected chi connectivity index (χ1v) is 8.60. The lowest BCUT2D eigenvalue weighted by Crippen LogP contribution is -2.25. The summed E-state index contributed by atoms with van der Waals surface area (Å²) in [5.74, 6) is 2.58. The van der Waals surface area contributed by atoms with Gasteiger partial charge in [0, 0.05) is 35.6 Å². The number of hydrogen-bond acceptors (Lipinski definition) is 6. The molecule has 2 heterocycles. The van der Waals surface area contributed by atoms with Crippen LogP contribution in [0.4, 0.5) is 5.13 Å². The fourth-order valence-electron chi connectivity index (χ4n) is 3.23. The summed E-state index contributed by atoms with van der Waals surface area (Å²) < 4.78 is 10.3. The van der Waals surface area contributed by atoms with Crippen LogP contribution in [0.3, 0.4) is 0 Å². The average molecular weight is 317 g/mol. The van der Waals surface area contributed by atoms with Crippen molar-refractivity contribution in [3.63, 3.8) is 0 Å². The van der Waals surface area contributed by atoms with Gasteiger partial charge in [-0.05, 0) is 25.0 Å². The minimum atomic E-state index is 0.242. The summed E-state index contributed by atoms with van der Waals surface area (Å²) in [5, 5.41) is 10.6. The van der Waals surface area contributed by atoms with Crippen molar-refractivity contribution in [2.24, 2.45) is 0 Å². The van der Waals surface area contributed by atoms with Crippen molar-refractivity contribution in [1.29, 1.82) is 0 Å². The normalized spacial score (nSPS) is 18.8. The van der Waals surface area contributed by atoms with E-state index in [9.17, 15) is 5.11 Å². The highest BCUT2D eigenvalue weighted by molar-refractivity contribution is 7.09. The number of ether oxygens (including phenoxy) is 1. The fraction of sp³-hybridized carbons (Fsp3) is 0.500. The Bertz CT molecular complexity index is 667. The van der Waals surface area contributed by atoms with E-state index in [2.05, 4.69) is 9.27 Å². The van der Waals surface area contributed by atoms with Crippen LogP contribution in [0.1, 0.15) is 43.0 Å². The van der Waals surface area contributed by atoms with Crippen LogP contribution in [0, 0.1) is 0 Å². The highest BCUT2D eigenvalue weighted by Crippen LogP contribution is 2.35. The molecule has 2 aliphatic rings. The summed E-state index contributed by atoms with van der Waals surface area (Å²) in [6, 6.07) is 5.31. The van der Waals surface area contributed by atoms with Crippen LogP contribution in [-0.4, -0.2) is 27.6 Å². The predicted molar refractivity (Wildman–Crippen MR) is 85.8 cm³/mol. The number of nitrogens with zero attached hydrogens (tertiary/aromatic N) is 3. The molecule has 0 amide bonds. The monoisotopic (exact) mass is 317 g/mol. The first-order valence-electron chi connectivity index (χ1n) is 7.83. The number of anilines is 1. The lowest BCUT2D eigenvalue weighted by atomic mass is 10.1. The van der Waals surface area contributed by atoms with Gasteiger partial charge in [-0.3, -0.25) is 0 Å². The van der Waals surface area contributed by atoms with Crippen LogP contribution in [0.5, 0.6) is 11.5 Å². The molecule has 1 fully saturated rings. The summed E-state index contributed by atoms with van der Waals surface area (Å²) in [6.45, 7) is 2.12. The number of hydrogen-bond donors (Lipinski definition) is 1. The van der Waals surface area contributed by atoms with E-state index in [4.69, 9.17) is 9.72 Å². The zero-order chi connectivity index (χ0) is 14.9. The molecule has 0 spiro atoms. The largest absolute Gasteiger partial charge is 0.508 e. The third-order valence-electron chi connectivity index (χ3n) is 4.45. The van der Waals surface area contributed by atoms with E-state index in [1.807, 2.05) is 6.07 Å². The second-order valence-electron chi connectivity index (χ2n) is 5.98. The third kappa shape index (κ3) is 2.63. The molecule has 1 saturated carbocycles. The quantitative estimate of drug-likeness (QED) is 0.921. The maximum atomic E-state index is 9.57. The predicted octanol–water partition coefficient (Wildman–Crippen LogP) is 3.30. The number of aromatic nitrogens is 2. The summed E-state index contributed by atoms with van der Waals surface area (Å²) in [6.07, 6.45) is 5.05. The lowest BCUT2D eigenvalue weighted by Gasteiger charge is -2.17. The van der Waals surface area contributed by atoms with Crippen molar-refractivity contribution in [3.8, 4) is 11.5 Å². The van der Waals surface area contributed by atoms with Crippen LogP contribution in [0.25, 0.3) is 0 Å². The van der Waals surface area contributed by atoms with Gasteiger partial charge in [0.25, 0.3) is 0 Å². The van der Waals surface area contributed by atoms with E-state index in [0.717, 1.165) is 35.4 Å². The SMILES string of the molecule is Oc1ccc2c(c1)OCCN(c1nc(C3CCCC3)ns1)C2. The molecule has 5 nitrogen and oxygen atoms in total. The Kier molecular flexibility index (Phi) is 3.62. The van der Waals surface area contributed by atoms with E-state index in [1.165, 1.54) is 37.2 Å². The highest BCUT2D eigenvalue weighted by Gasteiger charge is 2.24. The number of aromatic hydroxyl groups is 1. The molecule has 2 aromatic rings. The van der Waals surface area contributed by atoms with Gasteiger partial charge < -0.3 is 14.7 Å². The summed E-state index contributed by atoms with van der Waals surface area (Å²) >= 11 is 1.49. The van der Waals surface area contributed by atoms with E-state index >= 15 is 0 Å². The van der Waals surface area contributed by atoms with E-state index in [0.29, 0.717) is 12.5 Å². The molecule has 1 aromatic heterocycles. The number of fused-ring (bicyclic) bond motifs is 1. The number of phenolic OH excluding ortho intramolecular Hbond substituents is 1. The Morgan fingerprint density at radius 1 is 1.27 bits per heavy atom. The zero-order valence-electron chi connectivity index (χ0n) is 12.4. The molecular formula is C16H19N3O2S. The van der Waals surface area contributed by atoms with Crippen molar-refractivity contribution in [3.05, 3.63) is 29.6 Å². The molecule has 1 aromatic carbocycles. The van der Waals surface area contributed by atoms with Gasteiger partial charge in [-0.2, -0.15) is 4.37 Å². The smallest absolute Gasteiger partial charge is 0.205 e. The molecule has 0 radical (unpaired) electrons. The van der Waals surface area contributed by atoms with Crippen molar-refractivity contribution in [2.75, 3.05) is 18.1 Å². The molecule has 1 N–H and O–H groups in total. The number of phenols is 1. The third-order valence-corrected chi connectivity index (χ3v) is 5.24. The van der Waals surface area contributed by atoms with Crippen LogP contribution >= 0.6 is 11.5 Å². The summed E-state index contributed by atoms with van der Waals surface area (Å²) in [4.78, 5) is 7.00. The van der Waals surface area contributed by atoms with Gasteiger partial charge in [0.2, 0.25) is 5.13 Å². The maximum absolute atomic E-state index is 9.57. The maximum Gasteiger partial charge on any atom is 0.205 e. The molecule has 4 rings (SSSR count). The van der Waals surface area contributed by atoms with Crippen LogP contribution in [0.2, 0.25) is 0 Å². The summed E-state index contributed by atoms with van der Waals surface area (Å²) in [7, 11) is 0. The van der Waals surface area contributed by atoms with Crippen molar-refractivity contribution < 1.29 is 9.84 Å². The highest BCUT2D eigenvalue weighted by atomic mass is 32.1. The zero-order valence-corrected chi connectivity index (χ0v) is 13.2. The lowest BCUT2D eigenvalue weighted by molar-refractivity contribution is 0.329. The van der Waals surface area contributed by atoms with E-state index in [1.54, 1.807) is 12.1 Å². The topological polar surface area (TPSA) is 58.5 Å². The molecule has 0 unspecified atom stereocenters. The molecular weight excluding hydrogens is 298 g/mol. The van der Waals surface area contributed by atoms with Crippen molar-refractivity contribution in [1.82, 2.24) is 9.36 Å². The van der Waals surface area contributed by atoms with Gasteiger partial charge in [0.1, 0.15) is 23.9 Å². The Hall–Kier alpha value is -1.82. The van der Waals surface area contributed by atoms with Gasteiger partial charge in [-0.25, -0.2) is 4.98 Å². The van der Waals surface area contributed by atoms with E-state index < -0.39 is 0 Å². The minimum Gasteiger partial charge on any atom is -0.508 e. The number of rotatable bonds is 2. The molecule has 0 saturated heterocycles. The van der Waals surface area contributed by atoms with Crippen LogP contribution in [0.15, 0.2) is 18.2 Å². The standard InChI is InChI=1S/C16H19N3O2S/c20-13-6-5-12-10-19(7-8-21-14(12)9-13)16-17-15(18-22-16)11-3-1-2-4-11/h5-6,9,11,20H,1-4,7-8,10H2. The first-order chi connectivity index (χ1) is 10.8. The Labute approximate surface area is 133 Å². The second kappa shape index (κ2) is 5.76. The van der Waals surface area contributed by atoms with Gasteiger partial charge in [0.05, 0.1) is 6.54 Å². The van der Waals surface area contributed by atoms with Gasteiger partial charge >= 0.3 is 0 Å². The Morgan fingerprint density at radius 3 is 3.00 bits per heavy atom. The molecule has 22 heavy (non-hydrogen) atoms. The second-order valence-corrected chi connectivity index (χ2v) is 6.71. The molecule has 116 valence electrons. The van der Waals surface area contributed by atoms with Crippen LogP contribution < -0.4 is 9.64 Å². The average Bonchev–Trinajstić information content (AvgIpc) is 3.15. The molecule has 1 aliphatic carbocycles. The van der Waals surface area contributed by atoms with Gasteiger partial charge in [-0.1, -0.05) is 12.8 Å². The molecule has 1 aliphatic heterocycles. The fourth-order valence-corrected chi connectivity index (χ4v) is 4.00. The Morgan fingerprint density at radius 2 is 2.14 bits per heavy atom. The molecule has 0 atom stereocenters. The van der Waals surface area contributed by atoms with Crippen molar-refractivity contribution in [2.45, 2.75) is 38.1 Å². The Balaban J connectivity index is 1.56. The van der Waals surface area contributed by atoms with Gasteiger partial charge in [-0.15, -0.1) is 0 Å². The van der Waals surface area contributed by atoms with Gasteiger partial charge in [0.15, 0.2) is 0 Å². The van der Waals surface area contributed by atoms with E-state index in [-0.39, 0.29) is 5.75 Å².